The Kier molecular flexibility index (Phi) is 3.58. The molecule has 0 amide bonds. The molecule has 0 aliphatic carbocycles. The standard InChI is InChI=1S/C11H16N2O2S/c1-3-10(15-2)9(14)6-8-7-13-4-5-16-11(13)12-8/h4-5,7,9-10,14H,3,6H2,1-2H3. The number of thiazole rings is 1. The summed E-state index contributed by atoms with van der Waals surface area (Å²) in [5.74, 6) is 0. The average Bonchev–Trinajstić information content (AvgIpc) is 2.79. The van der Waals surface area contributed by atoms with Crippen molar-refractivity contribution in [2.75, 3.05) is 7.11 Å². The van der Waals surface area contributed by atoms with E-state index >= 15 is 0 Å². The molecule has 0 fully saturated rings. The van der Waals surface area contributed by atoms with Crippen molar-refractivity contribution in [3.05, 3.63) is 23.5 Å². The smallest absolute Gasteiger partial charge is 0.193 e. The van der Waals surface area contributed by atoms with Crippen LogP contribution in [0.2, 0.25) is 0 Å². The van der Waals surface area contributed by atoms with Crippen molar-refractivity contribution in [1.82, 2.24) is 9.38 Å². The SMILES string of the molecule is CCC(OC)C(O)Cc1cn2ccsc2n1. The first-order valence-corrected chi connectivity index (χ1v) is 6.24. The molecule has 0 bridgehead atoms. The second kappa shape index (κ2) is 4.95. The number of nitrogens with zero attached hydrogens (tertiary/aromatic N) is 2. The van der Waals surface area contributed by atoms with E-state index in [2.05, 4.69) is 4.98 Å². The quantitative estimate of drug-likeness (QED) is 0.865. The fourth-order valence-electron chi connectivity index (χ4n) is 1.82. The van der Waals surface area contributed by atoms with Gasteiger partial charge in [0.05, 0.1) is 17.9 Å². The molecule has 1 N–H and O–H groups in total. The number of aromatic nitrogens is 2. The van der Waals surface area contributed by atoms with Crippen molar-refractivity contribution in [3.63, 3.8) is 0 Å². The Morgan fingerprint density at radius 1 is 1.62 bits per heavy atom. The molecule has 0 spiro atoms. The molecule has 16 heavy (non-hydrogen) atoms. The summed E-state index contributed by atoms with van der Waals surface area (Å²) in [5, 5.41) is 11.9. The van der Waals surface area contributed by atoms with Crippen LogP contribution in [0.3, 0.4) is 0 Å². The summed E-state index contributed by atoms with van der Waals surface area (Å²) in [6, 6.07) is 0. The number of ether oxygens (including phenoxy) is 1. The van der Waals surface area contributed by atoms with E-state index in [0.29, 0.717) is 6.42 Å². The topological polar surface area (TPSA) is 46.8 Å². The summed E-state index contributed by atoms with van der Waals surface area (Å²) in [4.78, 5) is 5.40. The van der Waals surface area contributed by atoms with E-state index < -0.39 is 6.10 Å². The molecular weight excluding hydrogens is 224 g/mol. The van der Waals surface area contributed by atoms with Crippen LogP contribution in [-0.4, -0.2) is 33.8 Å². The first-order chi connectivity index (χ1) is 7.74. The first-order valence-electron chi connectivity index (χ1n) is 5.36. The van der Waals surface area contributed by atoms with Gasteiger partial charge >= 0.3 is 0 Å². The summed E-state index contributed by atoms with van der Waals surface area (Å²) < 4.78 is 7.18. The van der Waals surface area contributed by atoms with Crippen LogP contribution < -0.4 is 0 Å². The lowest BCUT2D eigenvalue weighted by Gasteiger charge is -2.18. The number of fused-ring (bicyclic) bond motifs is 1. The molecule has 0 radical (unpaired) electrons. The fraction of sp³-hybridized carbons (Fsp3) is 0.545. The maximum Gasteiger partial charge on any atom is 0.193 e. The second-order valence-corrected chi connectivity index (χ2v) is 4.65. The number of rotatable bonds is 5. The van der Waals surface area contributed by atoms with Crippen LogP contribution in [0.5, 0.6) is 0 Å². The van der Waals surface area contributed by atoms with Gasteiger partial charge in [0.25, 0.3) is 0 Å². The van der Waals surface area contributed by atoms with Crippen LogP contribution in [0, 0.1) is 0 Å². The van der Waals surface area contributed by atoms with Crippen LogP contribution in [0.25, 0.3) is 4.96 Å². The van der Waals surface area contributed by atoms with Crippen molar-refractivity contribution in [1.29, 1.82) is 0 Å². The second-order valence-electron chi connectivity index (χ2n) is 3.78. The Balaban J connectivity index is 2.06. The molecule has 0 aromatic carbocycles. The van der Waals surface area contributed by atoms with Gasteiger partial charge in [-0.25, -0.2) is 4.98 Å². The number of hydrogen-bond donors (Lipinski definition) is 1. The molecule has 2 unspecified atom stereocenters. The van der Waals surface area contributed by atoms with Crippen molar-refractivity contribution in [3.8, 4) is 0 Å². The van der Waals surface area contributed by atoms with Crippen molar-refractivity contribution < 1.29 is 9.84 Å². The van der Waals surface area contributed by atoms with Gasteiger partial charge < -0.3 is 9.84 Å². The molecule has 2 aromatic rings. The van der Waals surface area contributed by atoms with E-state index in [9.17, 15) is 5.11 Å². The molecule has 0 saturated carbocycles. The zero-order valence-corrected chi connectivity index (χ0v) is 10.3. The van der Waals surface area contributed by atoms with Gasteiger partial charge in [0, 0.05) is 31.3 Å². The highest BCUT2D eigenvalue weighted by molar-refractivity contribution is 7.15. The third-order valence-electron chi connectivity index (χ3n) is 2.70. The lowest BCUT2D eigenvalue weighted by molar-refractivity contribution is -0.0132. The Bertz CT molecular complexity index is 419. The summed E-state index contributed by atoms with van der Waals surface area (Å²) >= 11 is 1.59. The maximum absolute atomic E-state index is 9.95. The third kappa shape index (κ3) is 2.26. The van der Waals surface area contributed by atoms with Gasteiger partial charge in [0.1, 0.15) is 0 Å². The minimum Gasteiger partial charge on any atom is -0.390 e. The Morgan fingerprint density at radius 3 is 3.06 bits per heavy atom. The molecule has 0 aliphatic heterocycles. The van der Waals surface area contributed by atoms with Gasteiger partial charge in [-0.15, -0.1) is 11.3 Å². The molecule has 2 atom stereocenters. The number of methoxy groups -OCH3 is 1. The van der Waals surface area contributed by atoms with Crippen LogP contribution in [-0.2, 0) is 11.2 Å². The Hall–Kier alpha value is -0.910. The molecule has 2 heterocycles. The minimum absolute atomic E-state index is 0.111. The van der Waals surface area contributed by atoms with Gasteiger partial charge in [-0.05, 0) is 6.42 Å². The first kappa shape index (κ1) is 11.6. The van der Waals surface area contributed by atoms with E-state index in [-0.39, 0.29) is 6.10 Å². The minimum atomic E-state index is -0.486. The lowest BCUT2D eigenvalue weighted by atomic mass is 10.1. The molecule has 88 valence electrons. The monoisotopic (exact) mass is 240 g/mol. The number of aliphatic hydroxyl groups excluding tert-OH is 1. The third-order valence-corrected chi connectivity index (χ3v) is 3.47. The maximum atomic E-state index is 9.95. The van der Waals surface area contributed by atoms with E-state index in [4.69, 9.17) is 4.74 Å². The largest absolute Gasteiger partial charge is 0.390 e. The summed E-state index contributed by atoms with van der Waals surface area (Å²) in [6.45, 7) is 2.00. The predicted octanol–water partition coefficient (Wildman–Crippen LogP) is 1.72. The molecular formula is C11H16N2O2S. The van der Waals surface area contributed by atoms with Crippen LogP contribution in [0.15, 0.2) is 17.8 Å². The van der Waals surface area contributed by atoms with E-state index in [1.54, 1.807) is 18.4 Å². The molecule has 5 heteroatoms. The Labute approximate surface area is 98.5 Å². The summed E-state index contributed by atoms with van der Waals surface area (Å²) in [7, 11) is 1.63. The summed E-state index contributed by atoms with van der Waals surface area (Å²) in [5.41, 5.74) is 0.912. The average molecular weight is 240 g/mol. The van der Waals surface area contributed by atoms with Crippen molar-refractivity contribution in [2.45, 2.75) is 32.0 Å². The zero-order valence-electron chi connectivity index (χ0n) is 9.46. The molecule has 4 nitrogen and oxygen atoms in total. The molecule has 0 saturated heterocycles. The van der Waals surface area contributed by atoms with Gasteiger partial charge in [-0.1, -0.05) is 6.92 Å². The van der Waals surface area contributed by atoms with Crippen LogP contribution in [0.1, 0.15) is 19.0 Å². The highest BCUT2D eigenvalue weighted by atomic mass is 32.1. The van der Waals surface area contributed by atoms with E-state index in [1.165, 1.54) is 0 Å². The number of hydrogen-bond acceptors (Lipinski definition) is 4. The number of aliphatic hydroxyl groups is 1. The van der Waals surface area contributed by atoms with Crippen LogP contribution in [0.4, 0.5) is 0 Å². The number of imidazole rings is 1. The molecule has 2 rings (SSSR count). The van der Waals surface area contributed by atoms with Gasteiger partial charge in [0.15, 0.2) is 4.96 Å². The normalized spacial score (nSPS) is 15.4. The van der Waals surface area contributed by atoms with Crippen molar-refractivity contribution >= 4 is 16.3 Å². The predicted molar refractivity (Wildman–Crippen MR) is 63.9 cm³/mol. The highest BCUT2D eigenvalue weighted by Gasteiger charge is 2.18. The van der Waals surface area contributed by atoms with Gasteiger partial charge in [-0.2, -0.15) is 0 Å². The lowest BCUT2D eigenvalue weighted by Crippen LogP contribution is -2.29. The molecule has 0 aliphatic rings. The van der Waals surface area contributed by atoms with Gasteiger partial charge in [-0.3, -0.25) is 4.40 Å². The zero-order chi connectivity index (χ0) is 11.5. The van der Waals surface area contributed by atoms with E-state index in [1.807, 2.05) is 29.1 Å². The molecule has 2 aromatic heterocycles. The van der Waals surface area contributed by atoms with E-state index in [0.717, 1.165) is 17.1 Å². The Morgan fingerprint density at radius 2 is 2.44 bits per heavy atom. The van der Waals surface area contributed by atoms with Gasteiger partial charge in [0.2, 0.25) is 0 Å². The van der Waals surface area contributed by atoms with Crippen molar-refractivity contribution in [2.24, 2.45) is 0 Å². The highest BCUT2D eigenvalue weighted by Crippen LogP contribution is 2.14. The fourth-order valence-corrected chi connectivity index (χ4v) is 2.53. The summed E-state index contributed by atoms with van der Waals surface area (Å²) in [6.07, 6.45) is 4.67. The van der Waals surface area contributed by atoms with Crippen LogP contribution >= 0.6 is 11.3 Å².